The van der Waals surface area contributed by atoms with Gasteiger partial charge in [-0.1, -0.05) is 0 Å². The standard InChI is InChI=1S/C20H23N5O3S/c1-23-19(13-6-8-21-9-7-13)22-25(20(23)29)12-24-10-14-16(27-2)4-5-17(28-3)18(14)15(26)11-24/h4-9,15,26H,10-12H2,1-3H3. The normalized spacial score (nSPS) is 16.5. The van der Waals surface area contributed by atoms with Crippen molar-refractivity contribution in [2.45, 2.75) is 19.3 Å². The number of hydrogen-bond acceptors (Lipinski definition) is 7. The number of aromatic nitrogens is 4. The molecule has 0 saturated carbocycles. The van der Waals surface area contributed by atoms with Crippen molar-refractivity contribution in [3.63, 3.8) is 0 Å². The monoisotopic (exact) mass is 413 g/mol. The van der Waals surface area contributed by atoms with Crippen LogP contribution in [0.1, 0.15) is 17.2 Å². The maximum atomic E-state index is 10.8. The minimum atomic E-state index is -0.693. The van der Waals surface area contributed by atoms with Crippen LogP contribution < -0.4 is 9.47 Å². The van der Waals surface area contributed by atoms with Gasteiger partial charge in [0.2, 0.25) is 0 Å². The van der Waals surface area contributed by atoms with E-state index in [2.05, 4.69) is 9.88 Å². The molecule has 1 aliphatic rings. The highest BCUT2D eigenvalue weighted by Gasteiger charge is 2.30. The molecule has 0 bridgehead atoms. The van der Waals surface area contributed by atoms with E-state index in [-0.39, 0.29) is 0 Å². The first kappa shape index (κ1) is 19.6. The summed E-state index contributed by atoms with van der Waals surface area (Å²) in [5, 5.41) is 15.5. The average Bonchev–Trinajstić information content (AvgIpc) is 3.02. The molecule has 0 aliphatic carbocycles. The zero-order valence-electron chi connectivity index (χ0n) is 16.6. The number of nitrogens with zero attached hydrogens (tertiary/aromatic N) is 5. The van der Waals surface area contributed by atoms with Crippen molar-refractivity contribution in [2.75, 3.05) is 20.8 Å². The summed E-state index contributed by atoms with van der Waals surface area (Å²) in [5.74, 6) is 2.17. The first-order chi connectivity index (χ1) is 14.0. The van der Waals surface area contributed by atoms with E-state index in [0.29, 0.717) is 30.3 Å². The highest BCUT2D eigenvalue weighted by Crippen LogP contribution is 2.39. The predicted molar refractivity (Wildman–Crippen MR) is 110 cm³/mol. The van der Waals surface area contributed by atoms with Crippen molar-refractivity contribution in [3.05, 3.63) is 52.6 Å². The number of benzene rings is 1. The molecule has 1 atom stereocenters. The Morgan fingerprint density at radius 3 is 2.52 bits per heavy atom. The van der Waals surface area contributed by atoms with Gasteiger partial charge >= 0.3 is 0 Å². The fraction of sp³-hybridized carbons (Fsp3) is 0.350. The Bertz CT molecular complexity index is 1080. The van der Waals surface area contributed by atoms with Gasteiger partial charge in [0.25, 0.3) is 0 Å². The quantitative estimate of drug-likeness (QED) is 0.644. The Morgan fingerprint density at radius 2 is 1.83 bits per heavy atom. The lowest BCUT2D eigenvalue weighted by Crippen LogP contribution is -2.36. The van der Waals surface area contributed by atoms with Gasteiger partial charge in [0.05, 0.1) is 27.0 Å². The van der Waals surface area contributed by atoms with Gasteiger partial charge in [-0.25, -0.2) is 4.68 Å². The van der Waals surface area contributed by atoms with Gasteiger partial charge in [-0.3, -0.25) is 9.88 Å². The minimum Gasteiger partial charge on any atom is -0.496 e. The molecule has 152 valence electrons. The maximum Gasteiger partial charge on any atom is 0.199 e. The number of hydrogen-bond donors (Lipinski definition) is 1. The van der Waals surface area contributed by atoms with Crippen LogP contribution in [-0.4, -0.2) is 50.1 Å². The fourth-order valence-electron chi connectivity index (χ4n) is 3.77. The second-order valence-electron chi connectivity index (χ2n) is 6.93. The Kier molecular flexibility index (Phi) is 5.35. The summed E-state index contributed by atoms with van der Waals surface area (Å²) in [5.41, 5.74) is 2.65. The van der Waals surface area contributed by atoms with Gasteiger partial charge in [0.1, 0.15) is 11.5 Å². The average molecular weight is 414 g/mol. The molecular weight excluding hydrogens is 390 g/mol. The molecule has 0 fully saturated rings. The van der Waals surface area contributed by atoms with Crippen LogP contribution in [0.4, 0.5) is 0 Å². The number of methoxy groups -OCH3 is 2. The molecule has 0 saturated heterocycles. The molecule has 0 amide bonds. The molecule has 4 rings (SSSR count). The summed E-state index contributed by atoms with van der Waals surface area (Å²) < 4.78 is 15.2. The molecule has 2 aromatic heterocycles. The van der Waals surface area contributed by atoms with Crippen molar-refractivity contribution in [1.82, 2.24) is 24.2 Å². The fourth-order valence-corrected chi connectivity index (χ4v) is 3.96. The molecule has 9 heteroatoms. The third-order valence-corrected chi connectivity index (χ3v) is 5.66. The Morgan fingerprint density at radius 1 is 1.14 bits per heavy atom. The third kappa shape index (κ3) is 3.52. The molecule has 3 aromatic rings. The molecule has 1 aromatic carbocycles. The highest BCUT2D eigenvalue weighted by atomic mass is 32.1. The van der Waals surface area contributed by atoms with Gasteiger partial charge in [-0.15, -0.1) is 0 Å². The van der Waals surface area contributed by atoms with Crippen molar-refractivity contribution in [1.29, 1.82) is 0 Å². The van der Waals surface area contributed by atoms with Crippen LogP contribution in [0.5, 0.6) is 11.5 Å². The van der Waals surface area contributed by atoms with Crippen molar-refractivity contribution < 1.29 is 14.6 Å². The molecule has 0 radical (unpaired) electrons. The Labute approximate surface area is 173 Å². The van der Waals surface area contributed by atoms with Gasteiger partial charge in [-0.2, -0.15) is 5.10 Å². The summed E-state index contributed by atoms with van der Waals surface area (Å²) in [6.07, 6.45) is 2.77. The van der Waals surface area contributed by atoms with Crippen LogP contribution in [-0.2, 0) is 20.3 Å². The van der Waals surface area contributed by atoms with Crippen molar-refractivity contribution in [3.8, 4) is 22.9 Å². The second kappa shape index (κ2) is 7.94. The highest BCUT2D eigenvalue weighted by molar-refractivity contribution is 7.71. The second-order valence-corrected chi connectivity index (χ2v) is 7.30. The lowest BCUT2D eigenvalue weighted by atomic mass is 9.95. The summed E-state index contributed by atoms with van der Waals surface area (Å²) in [4.78, 5) is 6.15. The molecule has 1 aliphatic heterocycles. The number of aliphatic hydroxyl groups excluding tert-OH is 1. The van der Waals surface area contributed by atoms with Crippen molar-refractivity contribution >= 4 is 12.2 Å². The van der Waals surface area contributed by atoms with Gasteiger partial charge in [-0.05, 0) is 36.5 Å². The molecule has 0 spiro atoms. The van der Waals surface area contributed by atoms with E-state index in [9.17, 15) is 5.11 Å². The lowest BCUT2D eigenvalue weighted by molar-refractivity contribution is 0.0670. The number of fused-ring (bicyclic) bond motifs is 1. The van der Waals surface area contributed by atoms with E-state index < -0.39 is 6.10 Å². The summed E-state index contributed by atoms with van der Waals surface area (Å²) >= 11 is 5.59. The van der Waals surface area contributed by atoms with Gasteiger partial charge in [0.15, 0.2) is 10.6 Å². The summed E-state index contributed by atoms with van der Waals surface area (Å²) in [7, 11) is 5.13. The van der Waals surface area contributed by atoms with E-state index in [1.54, 1.807) is 31.3 Å². The zero-order valence-corrected chi connectivity index (χ0v) is 17.4. The van der Waals surface area contributed by atoms with Crippen LogP contribution in [0.25, 0.3) is 11.4 Å². The van der Waals surface area contributed by atoms with Crippen LogP contribution in [0, 0.1) is 4.77 Å². The van der Waals surface area contributed by atoms with Crippen LogP contribution in [0.15, 0.2) is 36.7 Å². The summed E-state index contributed by atoms with van der Waals surface area (Å²) in [6.45, 7) is 1.49. The van der Waals surface area contributed by atoms with Crippen LogP contribution in [0.2, 0.25) is 0 Å². The first-order valence-corrected chi connectivity index (χ1v) is 9.62. The van der Waals surface area contributed by atoms with E-state index in [1.807, 2.05) is 35.9 Å². The van der Waals surface area contributed by atoms with E-state index in [0.717, 1.165) is 28.3 Å². The summed E-state index contributed by atoms with van der Waals surface area (Å²) in [6, 6.07) is 7.49. The van der Waals surface area contributed by atoms with Crippen LogP contribution in [0.3, 0.4) is 0 Å². The molecule has 29 heavy (non-hydrogen) atoms. The third-order valence-electron chi connectivity index (χ3n) is 5.17. The van der Waals surface area contributed by atoms with E-state index in [1.165, 1.54) is 0 Å². The Hall–Kier alpha value is -2.75. The molecule has 1 unspecified atom stereocenters. The van der Waals surface area contributed by atoms with E-state index >= 15 is 0 Å². The predicted octanol–water partition coefficient (Wildman–Crippen LogP) is 2.54. The largest absolute Gasteiger partial charge is 0.496 e. The smallest absolute Gasteiger partial charge is 0.199 e. The van der Waals surface area contributed by atoms with Crippen LogP contribution >= 0.6 is 12.2 Å². The lowest BCUT2D eigenvalue weighted by Gasteiger charge is -2.33. The maximum absolute atomic E-state index is 10.8. The van der Waals surface area contributed by atoms with Crippen molar-refractivity contribution in [2.24, 2.45) is 7.05 Å². The van der Waals surface area contributed by atoms with E-state index in [4.69, 9.17) is 26.8 Å². The number of pyridine rings is 1. The van der Waals surface area contributed by atoms with Gasteiger partial charge < -0.3 is 19.1 Å². The molecule has 3 heterocycles. The Balaban J connectivity index is 1.65. The molecule has 1 N–H and O–H groups in total. The molecular formula is C20H23N5O3S. The molecule has 8 nitrogen and oxygen atoms in total. The SMILES string of the molecule is COc1ccc(OC)c2c1CN(Cn1nc(-c3ccncc3)n(C)c1=S)CC2O. The topological polar surface area (TPSA) is 77.6 Å². The number of ether oxygens (including phenoxy) is 2. The first-order valence-electron chi connectivity index (χ1n) is 9.22. The number of aliphatic hydroxyl groups is 1. The minimum absolute atomic E-state index is 0.444. The van der Waals surface area contributed by atoms with Gasteiger partial charge in [0, 0.05) is 49.2 Å². The zero-order chi connectivity index (χ0) is 20.5. The number of rotatable bonds is 5. The number of β-amino-alcohol motifs (C(OH)–C–C–N with tert-alkyl or cyclic N) is 1.